The molecule has 0 atom stereocenters. The summed E-state index contributed by atoms with van der Waals surface area (Å²) in [5.74, 6) is -3.33. The van der Waals surface area contributed by atoms with E-state index in [1.54, 1.807) is 4.90 Å². The van der Waals surface area contributed by atoms with Gasteiger partial charge in [0.25, 0.3) is 11.8 Å². The van der Waals surface area contributed by atoms with E-state index in [4.69, 9.17) is 0 Å². The number of aromatic nitrogens is 1. The summed E-state index contributed by atoms with van der Waals surface area (Å²) in [5.41, 5.74) is 4.71. The Morgan fingerprint density at radius 1 is 1.13 bits per heavy atom. The number of aromatic amines is 1. The first-order valence-electron chi connectivity index (χ1n) is 10.2. The molecule has 2 aliphatic heterocycles. The van der Waals surface area contributed by atoms with Crippen LogP contribution in [0.1, 0.15) is 34.3 Å². The average Bonchev–Trinajstić information content (AvgIpc) is 2.96. The molecule has 3 aromatic rings. The molecule has 0 unspecified atom stereocenters. The van der Waals surface area contributed by atoms with Crippen LogP contribution in [-0.2, 0) is 13.0 Å². The maximum Gasteiger partial charge on any atom is 0.260 e. The quantitative estimate of drug-likeness (QED) is 0.665. The molecule has 2 N–H and O–H groups in total. The van der Waals surface area contributed by atoms with Gasteiger partial charge in [0.1, 0.15) is 5.82 Å². The Morgan fingerprint density at radius 3 is 2.70 bits per heavy atom. The molecule has 1 saturated heterocycles. The number of likely N-dealkylation sites (tertiary alicyclic amines) is 1. The van der Waals surface area contributed by atoms with Gasteiger partial charge in [0.05, 0.1) is 12.1 Å². The van der Waals surface area contributed by atoms with Crippen molar-refractivity contribution in [2.45, 2.75) is 31.7 Å². The molecule has 1 fully saturated rings. The lowest BCUT2D eigenvalue weighted by Gasteiger charge is -2.32. The number of nitrogens with zero attached hydrogens (tertiary/aromatic N) is 1. The van der Waals surface area contributed by atoms with Gasteiger partial charge in [0, 0.05) is 36.1 Å². The van der Waals surface area contributed by atoms with E-state index >= 15 is 0 Å². The van der Waals surface area contributed by atoms with Crippen LogP contribution in [-0.4, -0.2) is 41.3 Å². The van der Waals surface area contributed by atoms with Gasteiger partial charge in [-0.05, 0) is 48.2 Å². The molecule has 0 saturated carbocycles. The normalized spacial score (nSPS) is 19.0. The number of rotatable bonds is 3. The molecule has 5 rings (SSSR count). The first-order valence-corrected chi connectivity index (χ1v) is 10.2. The predicted octanol–water partition coefficient (Wildman–Crippen LogP) is 4.49. The SMILES string of the molecule is O=C1NCCc2c(-c3ccc(CN4CCCC(F)(F)C4)cc3)[nH]c3cc(F)cc1c23. The van der Waals surface area contributed by atoms with Gasteiger partial charge < -0.3 is 10.3 Å². The molecule has 0 spiro atoms. The average molecular weight is 413 g/mol. The highest BCUT2D eigenvalue weighted by Gasteiger charge is 2.34. The van der Waals surface area contributed by atoms with Crippen LogP contribution in [0.5, 0.6) is 0 Å². The van der Waals surface area contributed by atoms with Crippen LogP contribution in [0.25, 0.3) is 22.2 Å². The molecule has 2 aromatic carbocycles. The smallest absolute Gasteiger partial charge is 0.260 e. The minimum atomic E-state index is -2.61. The number of piperidine rings is 1. The largest absolute Gasteiger partial charge is 0.354 e. The summed E-state index contributed by atoms with van der Waals surface area (Å²) in [7, 11) is 0. The fourth-order valence-corrected chi connectivity index (χ4v) is 4.65. The molecule has 156 valence electrons. The number of halogens is 3. The summed E-state index contributed by atoms with van der Waals surface area (Å²) in [6, 6.07) is 10.5. The minimum Gasteiger partial charge on any atom is -0.354 e. The summed E-state index contributed by atoms with van der Waals surface area (Å²) < 4.78 is 41.3. The van der Waals surface area contributed by atoms with E-state index in [9.17, 15) is 18.0 Å². The van der Waals surface area contributed by atoms with Crippen LogP contribution in [0, 0.1) is 5.82 Å². The number of carbonyl (C=O) groups is 1. The summed E-state index contributed by atoms with van der Waals surface area (Å²) in [6.07, 6.45) is 1.12. The van der Waals surface area contributed by atoms with E-state index in [1.165, 1.54) is 12.1 Å². The van der Waals surface area contributed by atoms with Gasteiger partial charge in [-0.25, -0.2) is 13.2 Å². The first-order chi connectivity index (χ1) is 14.4. The molecule has 7 heteroatoms. The number of alkyl halides is 2. The van der Waals surface area contributed by atoms with Crippen molar-refractivity contribution < 1.29 is 18.0 Å². The fourth-order valence-electron chi connectivity index (χ4n) is 4.65. The number of amides is 1. The zero-order valence-corrected chi connectivity index (χ0v) is 16.4. The molecular weight excluding hydrogens is 391 g/mol. The Balaban J connectivity index is 1.47. The van der Waals surface area contributed by atoms with E-state index < -0.39 is 11.7 Å². The topological polar surface area (TPSA) is 48.1 Å². The van der Waals surface area contributed by atoms with Crippen LogP contribution >= 0.6 is 0 Å². The van der Waals surface area contributed by atoms with Gasteiger partial charge in [-0.3, -0.25) is 9.69 Å². The first kappa shape index (κ1) is 19.2. The molecule has 3 heterocycles. The zero-order chi connectivity index (χ0) is 20.9. The van der Waals surface area contributed by atoms with Gasteiger partial charge in [-0.15, -0.1) is 0 Å². The lowest BCUT2D eigenvalue weighted by molar-refractivity contribution is -0.0661. The van der Waals surface area contributed by atoms with E-state index in [1.807, 2.05) is 24.3 Å². The summed E-state index contributed by atoms with van der Waals surface area (Å²) in [4.78, 5) is 17.4. The number of benzene rings is 2. The lowest BCUT2D eigenvalue weighted by atomic mass is 9.99. The monoisotopic (exact) mass is 413 g/mol. The Morgan fingerprint density at radius 2 is 1.93 bits per heavy atom. The number of nitrogens with one attached hydrogen (secondary N) is 2. The molecule has 4 nitrogen and oxygen atoms in total. The van der Waals surface area contributed by atoms with Crippen molar-refractivity contribution in [3.63, 3.8) is 0 Å². The highest BCUT2D eigenvalue weighted by Crippen LogP contribution is 2.35. The molecular formula is C23H22F3N3O. The van der Waals surface area contributed by atoms with Crippen molar-refractivity contribution >= 4 is 16.8 Å². The van der Waals surface area contributed by atoms with E-state index in [2.05, 4.69) is 10.3 Å². The Hall–Kier alpha value is -2.80. The molecule has 0 aliphatic carbocycles. The molecule has 0 bridgehead atoms. The second-order valence-electron chi connectivity index (χ2n) is 8.23. The van der Waals surface area contributed by atoms with Gasteiger partial charge >= 0.3 is 0 Å². The summed E-state index contributed by atoms with van der Waals surface area (Å²) in [5, 5.41) is 3.58. The highest BCUT2D eigenvalue weighted by atomic mass is 19.3. The van der Waals surface area contributed by atoms with Gasteiger partial charge in [-0.1, -0.05) is 24.3 Å². The Labute approximate surface area is 172 Å². The molecule has 30 heavy (non-hydrogen) atoms. The summed E-state index contributed by atoms with van der Waals surface area (Å²) >= 11 is 0. The standard InChI is InChI=1S/C23H22F3N3O/c24-16-10-18-20-17(6-8-27-22(18)30)21(28-19(20)11-16)15-4-2-14(3-5-15)12-29-9-1-7-23(25,26)13-29/h2-5,10-11,28H,1,6-9,12-13H2,(H,27,30). The Kier molecular flexibility index (Phi) is 4.58. The third kappa shape index (κ3) is 3.47. The molecule has 1 amide bonds. The van der Waals surface area contributed by atoms with Gasteiger partial charge in [-0.2, -0.15) is 0 Å². The van der Waals surface area contributed by atoms with Crippen molar-refractivity contribution in [2.75, 3.05) is 19.6 Å². The molecule has 2 aliphatic rings. The maximum atomic E-state index is 14.0. The van der Waals surface area contributed by atoms with E-state index in [0.29, 0.717) is 43.6 Å². The number of carbonyl (C=O) groups excluding carboxylic acids is 1. The minimum absolute atomic E-state index is 0.0362. The predicted molar refractivity (Wildman–Crippen MR) is 109 cm³/mol. The van der Waals surface area contributed by atoms with Gasteiger partial charge in [0.15, 0.2) is 0 Å². The summed E-state index contributed by atoms with van der Waals surface area (Å²) in [6.45, 7) is 1.45. The van der Waals surface area contributed by atoms with Crippen molar-refractivity contribution in [3.05, 3.63) is 58.9 Å². The second-order valence-corrected chi connectivity index (χ2v) is 8.23. The van der Waals surface area contributed by atoms with Crippen molar-refractivity contribution in [1.82, 2.24) is 15.2 Å². The maximum absolute atomic E-state index is 14.0. The molecule has 1 aromatic heterocycles. The molecule has 0 radical (unpaired) electrons. The van der Waals surface area contributed by atoms with Crippen molar-refractivity contribution in [2.24, 2.45) is 0 Å². The van der Waals surface area contributed by atoms with Crippen LogP contribution in [0.2, 0.25) is 0 Å². The Bertz CT molecular complexity index is 1120. The van der Waals surface area contributed by atoms with Crippen LogP contribution < -0.4 is 5.32 Å². The van der Waals surface area contributed by atoms with Crippen LogP contribution in [0.3, 0.4) is 0 Å². The lowest BCUT2D eigenvalue weighted by Crippen LogP contribution is -2.41. The fraction of sp³-hybridized carbons (Fsp3) is 0.348. The third-order valence-corrected chi connectivity index (χ3v) is 5.99. The van der Waals surface area contributed by atoms with E-state index in [-0.39, 0.29) is 18.9 Å². The van der Waals surface area contributed by atoms with Crippen LogP contribution in [0.15, 0.2) is 36.4 Å². The van der Waals surface area contributed by atoms with Crippen molar-refractivity contribution in [3.8, 4) is 11.3 Å². The second kappa shape index (κ2) is 7.16. The highest BCUT2D eigenvalue weighted by molar-refractivity contribution is 6.10. The number of H-pyrrole nitrogens is 1. The van der Waals surface area contributed by atoms with Crippen molar-refractivity contribution in [1.29, 1.82) is 0 Å². The number of hydrogen-bond donors (Lipinski definition) is 2. The third-order valence-electron chi connectivity index (χ3n) is 5.99. The number of hydrogen-bond acceptors (Lipinski definition) is 2. The van der Waals surface area contributed by atoms with Gasteiger partial charge in [0.2, 0.25) is 0 Å². The van der Waals surface area contributed by atoms with E-state index in [0.717, 1.165) is 27.8 Å². The zero-order valence-electron chi connectivity index (χ0n) is 16.4. The van der Waals surface area contributed by atoms with Crippen LogP contribution in [0.4, 0.5) is 13.2 Å².